The lowest BCUT2D eigenvalue weighted by atomic mass is 10.1. The predicted molar refractivity (Wildman–Crippen MR) is 121 cm³/mol. The van der Waals surface area contributed by atoms with E-state index >= 15 is 0 Å². The van der Waals surface area contributed by atoms with E-state index < -0.39 is 64.2 Å². The summed E-state index contributed by atoms with van der Waals surface area (Å²) in [6.45, 7) is 1.97. The Balaban J connectivity index is 1.96. The van der Waals surface area contributed by atoms with Gasteiger partial charge in [-0.15, -0.1) is 0 Å². The van der Waals surface area contributed by atoms with Gasteiger partial charge in [-0.3, -0.25) is 19.5 Å². The second kappa shape index (κ2) is 9.64. The molecule has 3 aromatic rings. The fourth-order valence-electron chi connectivity index (χ4n) is 3.89. The first-order chi connectivity index (χ1) is 16.9. The van der Waals surface area contributed by atoms with Crippen LogP contribution in [-0.4, -0.2) is 52.2 Å². The minimum absolute atomic E-state index is 0.173. The average Bonchev–Trinajstić information content (AvgIpc) is 3.22. The number of nitrogens with zero attached hydrogens (tertiary/aromatic N) is 3. The van der Waals surface area contributed by atoms with E-state index in [0.717, 1.165) is 16.8 Å². The van der Waals surface area contributed by atoms with E-state index in [0.29, 0.717) is 19.2 Å². The highest BCUT2D eigenvalue weighted by molar-refractivity contribution is 6.32. The van der Waals surface area contributed by atoms with E-state index in [1.54, 1.807) is 5.32 Å². The molecule has 0 bridgehead atoms. The number of hydrogen-bond donors (Lipinski definition) is 3. The van der Waals surface area contributed by atoms with Gasteiger partial charge in [-0.25, -0.2) is 13.8 Å². The summed E-state index contributed by atoms with van der Waals surface area (Å²) in [6.07, 6.45) is -5.55. The zero-order valence-corrected chi connectivity index (χ0v) is 19.3. The highest BCUT2D eigenvalue weighted by Crippen LogP contribution is 2.29. The van der Waals surface area contributed by atoms with Crippen LogP contribution in [0.2, 0.25) is 5.02 Å². The molecule has 3 heterocycles. The Morgan fingerprint density at radius 2 is 2.06 bits per heavy atom. The van der Waals surface area contributed by atoms with Crippen LogP contribution in [0.3, 0.4) is 0 Å². The Labute approximate surface area is 205 Å². The van der Waals surface area contributed by atoms with Crippen molar-refractivity contribution in [2.45, 2.75) is 31.9 Å². The van der Waals surface area contributed by atoms with E-state index in [2.05, 4.69) is 10.3 Å². The SMILES string of the molecule is CC[C@H](NC(=O)c1cn(-c2c(F)cc(F)cc2Cl)c2nc(N3CCNC3O)ccc2c1=O)C(F)(F)F. The van der Waals surface area contributed by atoms with Gasteiger partial charge in [0, 0.05) is 25.4 Å². The first-order valence-corrected chi connectivity index (χ1v) is 11.1. The molecule has 4 rings (SSSR count). The van der Waals surface area contributed by atoms with Crippen molar-refractivity contribution in [1.82, 2.24) is 20.2 Å². The lowest BCUT2D eigenvalue weighted by molar-refractivity contribution is -0.153. The third-order valence-electron chi connectivity index (χ3n) is 5.68. The number of amides is 1. The van der Waals surface area contributed by atoms with Gasteiger partial charge < -0.3 is 15.3 Å². The standard InChI is InChI=1S/C22H19ClF5N5O3/c1-2-15(22(26,27)28)30-20(35)12-9-33(17-13(23)7-10(24)8-14(17)25)19-11(18(12)34)3-4-16(31-19)32-6-5-29-21(32)36/h3-4,7-9,15,21,29,36H,2,5-6H2,1H3,(H,30,35)/t15-,21?/m0/s1. The smallest absolute Gasteiger partial charge is 0.361 e. The Morgan fingerprint density at radius 3 is 2.64 bits per heavy atom. The summed E-state index contributed by atoms with van der Waals surface area (Å²) < 4.78 is 69.1. The van der Waals surface area contributed by atoms with Crippen LogP contribution in [0.15, 0.2) is 35.3 Å². The van der Waals surface area contributed by atoms with E-state index in [1.807, 2.05) is 0 Å². The first kappa shape index (κ1) is 25.8. The van der Waals surface area contributed by atoms with Gasteiger partial charge in [-0.1, -0.05) is 18.5 Å². The second-order valence-electron chi connectivity index (χ2n) is 8.00. The third-order valence-corrected chi connectivity index (χ3v) is 5.97. The highest BCUT2D eigenvalue weighted by Gasteiger charge is 2.40. The Hall–Kier alpha value is -3.29. The number of aromatic nitrogens is 2. The molecule has 2 aromatic heterocycles. The van der Waals surface area contributed by atoms with Crippen molar-refractivity contribution < 1.29 is 31.9 Å². The van der Waals surface area contributed by atoms with Crippen LogP contribution in [0.1, 0.15) is 23.7 Å². The molecule has 192 valence electrons. The topological polar surface area (TPSA) is 99.5 Å². The van der Waals surface area contributed by atoms with Crippen LogP contribution >= 0.6 is 11.6 Å². The number of hydrogen-bond acceptors (Lipinski definition) is 6. The molecular formula is C22H19ClF5N5O3. The van der Waals surface area contributed by atoms with Gasteiger partial charge in [0.25, 0.3) is 5.91 Å². The minimum atomic E-state index is -4.77. The maximum atomic E-state index is 14.9. The maximum Gasteiger partial charge on any atom is 0.408 e. The summed E-state index contributed by atoms with van der Waals surface area (Å²) in [5, 5.41) is 14.0. The van der Waals surface area contributed by atoms with Crippen molar-refractivity contribution in [3.8, 4) is 5.69 Å². The third kappa shape index (κ3) is 4.73. The van der Waals surface area contributed by atoms with E-state index in [-0.39, 0.29) is 16.9 Å². The van der Waals surface area contributed by atoms with Gasteiger partial charge in [-0.05, 0) is 24.6 Å². The maximum absolute atomic E-state index is 14.9. The molecule has 0 spiro atoms. The molecule has 0 saturated carbocycles. The number of carbonyl (C=O) groups is 1. The van der Waals surface area contributed by atoms with Gasteiger partial charge in [0.05, 0.1) is 10.4 Å². The van der Waals surface area contributed by atoms with Crippen molar-refractivity contribution in [1.29, 1.82) is 0 Å². The number of benzene rings is 1. The molecule has 1 aliphatic rings. The summed E-state index contributed by atoms with van der Waals surface area (Å²) in [6, 6.07) is 1.68. The zero-order chi connectivity index (χ0) is 26.4. The molecule has 0 aliphatic carbocycles. The van der Waals surface area contributed by atoms with Crippen LogP contribution in [0.25, 0.3) is 16.7 Å². The van der Waals surface area contributed by atoms with Gasteiger partial charge >= 0.3 is 6.18 Å². The van der Waals surface area contributed by atoms with Crippen LogP contribution in [0.4, 0.5) is 27.8 Å². The van der Waals surface area contributed by atoms with E-state index in [9.17, 15) is 36.6 Å². The van der Waals surface area contributed by atoms with Gasteiger partial charge in [0.15, 0.2) is 17.8 Å². The molecule has 1 unspecified atom stereocenters. The lowest BCUT2D eigenvalue weighted by Crippen LogP contribution is -2.46. The van der Waals surface area contributed by atoms with Gasteiger partial charge in [-0.2, -0.15) is 13.2 Å². The Morgan fingerprint density at radius 1 is 1.33 bits per heavy atom. The number of fused-ring (bicyclic) bond motifs is 1. The van der Waals surface area contributed by atoms with Crippen LogP contribution < -0.4 is 21.0 Å². The van der Waals surface area contributed by atoms with Crippen LogP contribution in [0.5, 0.6) is 0 Å². The summed E-state index contributed by atoms with van der Waals surface area (Å²) in [5.74, 6) is -3.35. The van der Waals surface area contributed by atoms with Crippen LogP contribution in [-0.2, 0) is 0 Å². The van der Waals surface area contributed by atoms with Crippen molar-refractivity contribution in [2.75, 3.05) is 18.0 Å². The number of alkyl halides is 3. The normalized spacial score (nSPS) is 17.0. The van der Waals surface area contributed by atoms with Crippen molar-refractivity contribution in [3.63, 3.8) is 0 Å². The minimum Gasteiger partial charge on any atom is -0.361 e. The molecular weight excluding hydrogens is 513 g/mol. The summed E-state index contributed by atoms with van der Waals surface area (Å²) in [7, 11) is 0. The molecule has 1 saturated heterocycles. The molecule has 1 aromatic carbocycles. The largest absolute Gasteiger partial charge is 0.408 e. The molecule has 14 heteroatoms. The fraction of sp³-hybridized carbons (Fsp3) is 0.318. The number of aliphatic hydroxyl groups excluding tert-OH is 1. The zero-order valence-electron chi connectivity index (χ0n) is 18.5. The lowest BCUT2D eigenvalue weighted by Gasteiger charge is -2.22. The molecule has 1 amide bonds. The molecule has 1 fully saturated rings. The predicted octanol–water partition coefficient (Wildman–Crippen LogP) is 3.07. The van der Waals surface area contributed by atoms with Gasteiger partial charge in [0.2, 0.25) is 5.43 Å². The molecule has 8 nitrogen and oxygen atoms in total. The molecule has 3 N–H and O–H groups in total. The summed E-state index contributed by atoms with van der Waals surface area (Å²) in [4.78, 5) is 31.7. The van der Waals surface area contributed by atoms with Gasteiger partial charge in [0.1, 0.15) is 28.9 Å². The van der Waals surface area contributed by atoms with Crippen LogP contribution in [0, 0.1) is 11.6 Å². The molecule has 0 radical (unpaired) electrons. The molecule has 2 atom stereocenters. The molecule has 36 heavy (non-hydrogen) atoms. The van der Waals surface area contributed by atoms with Crippen molar-refractivity contribution in [2.24, 2.45) is 0 Å². The Kier molecular flexibility index (Phi) is 6.90. The van der Waals surface area contributed by atoms with E-state index in [1.165, 1.54) is 24.0 Å². The quantitative estimate of drug-likeness (QED) is 0.438. The second-order valence-corrected chi connectivity index (χ2v) is 8.40. The Bertz CT molecular complexity index is 1370. The summed E-state index contributed by atoms with van der Waals surface area (Å²) in [5.41, 5.74) is -2.40. The van der Waals surface area contributed by atoms with Crippen molar-refractivity contribution in [3.05, 3.63) is 62.9 Å². The average molecular weight is 532 g/mol. The molecule has 1 aliphatic heterocycles. The van der Waals surface area contributed by atoms with E-state index in [4.69, 9.17) is 11.6 Å². The number of rotatable bonds is 5. The number of aliphatic hydroxyl groups is 1. The fourth-order valence-corrected chi connectivity index (χ4v) is 4.17. The highest BCUT2D eigenvalue weighted by atomic mass is 35.5. The summed E-state index contributed by atoms with van der Waals surface area (Å²) >= 11 is 6.08. The monoisotopic (exact) mass is 531 g/mol. The number of nitrogens with one attached hydrogen (secondary N) is 2. The number of pyridine rings is 2. The first-order valence-electron chi connectivity index (χ1n) is 10.7. The number of carbonyl (C=O) groups excluding carboxylic acids is 1. The number of anilines is 1. The van der Waals surface area contributed by atoms with Crippen molar-refractivity contribution >= 4 is 34.4 Å². The number of halogens is 6.